The van der Waals surface area contributed by atoms with E-state index in [1.807, 2.05) is 19.1 Å². The molecule has 2 fully saturated rings. The van der Waals surface area contributed by atoms with Crippen molar-refractivity contribution in [2.24, 2.45) is 0 Å². The maximum atomic E-state index is 12.7. The first kappa shape index (κ1) is 13.1. The molecule has 1 aromatic rings. The predicted octanol–water partition coefficient (Wildman–Crippen LogP) is 1.46. The summed E-state index contributed by atoms with van der Waals surface area (Å²) in [5.41, 5.74) is 1.08. The summed E-state index contributed by atoms with van der Waals surface area (Å²) in [4.78, 5) is 2.71. The van der Waals surface area contributed by atoms with Crippen LogP contribution in [0.3, 0.4) is 0 Å². The molecule has 104 valence electrons. The number of benzene rings is 1. The molecule has 4 nitrogen and oxygen atoms in total. The monoisotopic (exact) mass is 280 g/mol. The molecule has 2 aliphatic heterocycles. The van der Waals surface area contributed by atoms with E-state index in [9.17, 15) is 8.42 Å². The van der Waals surface area contributed by atoms with Crippen molar-refractivity contribution in [3.63, 3.8) is 0 Å². The van der Waals surface area contributed by atoms with Crippen LogP contribution in [0.2, 0.25) is 0 Å². The lowest BCUT2D eigenvalue weighted by molar-refractivity contribution is 0.300. The zero-order chi connectivity index (χ0) is 13.6. The molecule has 2 aliphatic rings. The highest BCUT2D eigenvalue weighted by molar-refractivity contribution is 7.89. The van der Waals surface area contributed by atoms with Crippen molar-refractivity contribution in [2.75, 3.05) is 20.1 Å². The van der Waals surface area contributed by atoms with E-state index in [1.54, 1.807) is 16.4 Å². The summed E-state index contributed by atoms with van der Waals surface area (Å²) in [6.45, 7) is 3.61. The maximum Gasteiger partial charge on any atom is 0.243 e. The Labute approximate surface area is 115 Å². The molecule has 5 heteroatoms. The second kappa shape index (κ2) is 4.58. The van der Waals surface area contributed by atoms with E-state index in [1.165, 1.54) is 0 Å². The topological polar surface area (TPSA) is 40.6 Å². The summed E-state index contributed by atoms with van der Waals surface area (Å²) in [6.07, 6.45) is 1.90. The van der Waals surface area contributed by atoms with Crippen molar-refractivity contribution in [1.82, 2.24) is 9.21 Å². The van der Waals surface area contributed by atoms with Crippen LogP contribution in [0.5, 0.6) is 0 Å². The van der Waals surface area contributed by atoms with Gasteiger partial charge >= 0.3 is 0 Å². The predicted molar refractivity (Wildman–Crippen MR) is 74.5 cm³/mol. The molecule has 0 unspecified atom stereocenters. The largest absolute Gasteiger partial charge is 0.302 e. The number of nitrogens with zero attached hydrogens (tertiary/aromatic N) is 2. The van der Waals surface area contributed by atoms with E-state index in [0.29, 0.717) is 17.5 Å². The number of likely N-dealkylation sites (tertiary alicyclic amines) is 1. The van der Waals surface area contributed by atoms with Crippen molar-refractivity contribution < 1.29 is 8.42 Å². The van der Waals surface area contributed by atoms with E-state index in [4.69, 9.17) is 0 Å². The Balaban J connectivity index is 1.91. The zero-order valence-corrected chi connectivity index (χ0v) is 12.2. The van der Waals surface area contributed by atoms with Gasteiger partial charge in [0.25, 0.3) is 0 Å². The lowest BCUT2D eigenvalue weighted by Crippen LogP contribution is -2.38. The van der Waals surface area contributed by atoms with Crippen LogP contribution in [0, 0.1) is 6.92 Å². The average Bonchev–Trinajstić information content (AvgIpc) is 2.93. The van der Waals surface area contributed by atoms with Gasteiger partial charge in [-0.05, 0) is 45.5 Å². The lowest BCUT2D eigenvalue weighted by atomic mass is 10.1. The summed E-state index contributed by atoms with van der Waals surface area (Å²) < 4.78 is 27.1. The van der Waals surface area contributed by atoms with Crippen molar-refractivity contribution in [3.8, 4) is 0 Å². The molecule has 0 radical (unpaired) electrons. The van der Waals surface area contributed by atoms with Gasteiger partial charge in [0.05, 0.1) is 4.90 Å². The van der Waals surface area contributed by atoms with Gasteiger partial charge in [0.15, 0.2) is 0 Å². The van der Waals surface area contributed by atoms with Crippen LogP contribution in [0.15, 0.2) is 29.2 Å². The first-order valence-electron chi connectivity index (χ1n) is 6.79. The Bertz CT molecular complexity index is 568. The first-order chi connectivity index (χ1) is 9.00. The van der Waals surface area contributed by atoms with Crippen LogP contribution >= 0.6 is 0 Å². The quantitative estimate of drug-likeness (QED) is 0.823. The number of likely N-dealkylation sites (N-methyl/N-ethyl adjacent to an activating group) is 1. The van der Waals surface area contributed by atoms with Crippen LogP contribution in [0.4, 0.5) is 0 Å². The number of fused-ring (bicyclic) bond motifs is 1. The Morgan fingerprint density at radius 1 is 1.05 bits per heavy atom. The Morgan fingerprint density at radius 2 is 1.68 bits per heavy atom. The number of sulfonamides is 1. The van der Waals surface area contributed by atoms with E-state index in [-0.39, 0.29) is 6.04 Å². The third-order valence-corrected chi connectivity index (χ3v) is 6.37. The van der Waals surface area contributed by atoms with E-state index in [0.717, 1.165) is 24.9 Å². The Morgan fingerprint density at radius 3 is 2.37 bits per heavy atom. The molecule has 1 aromatic carbocycles. The second-order valence-corrected chi connectivity index (χ2v) is 7.51. The molecule has 2 saturated heterocycles. The number of aryl methyl sites for hydroxylation is 1. The second-order valence-electron chi connectivity index (χ2n) is 5.62. The van der Waals surface area contributed by atoms with Crippen molar-refractivity contribution in [1.29, 1.82) is 0 Å². The first-order valence-corrected chi connectivity index (χ1v) is 8.23. The summed E-state index contributed by atoms with van der Waals surface area (Å²) in [5.74, 6) is 0. The van der Waals surface area contributed by atoms with Gasteiger partial charge < -0.3 is 4.90 Å². The van der Waals surface area contributed by atoms with Crippen molar-refractivity contribution in [3.05, 3.63) is 29.8 Å². The third kappa shape index (κ3) is 2.10. The maximum absolute atomic E-state index is 12.7. The number of rotatable bonds is 2. The summed E-state index contributed by atoms with van der Waals surface area (Å²) in [7, 11) is -1.24. The van der Waals surface area contributed by atoms with Crippen molar-refractivity contribution >= 4 is 10.0 Å². The van der Waals surface area contributed by atoms with Crippen LogP contribution < -0.4 is 0 Å². The molecule has 0 saturated carbocycles. The SMILES string of the molecule is Cc1ccc(S(=O)(=O)N2CC[C@H]3[C@H]2CCN3C)cc1. The molecule has 0 bridgehead atoms. The van der Waals surface area contributed by atoms with E-state index < -0.39 is 10.0 Å². The van der Waals surface area contributed by atoms with E-state index >= 15 is 0 Å². The van der Waals surface area contributed by atoms with Gasteiger partial charge in [0, 0.05) is 18.6 Å². The minimum absolute atomic E-state index is 0.163. The molecule has 0 N–H and O–H groups in total. The lowest BCUT2D eigenvalue weighted by Gasteiger charge is -2.23. The molecule has 3 rings (SSSR count). The van der Waals surface area contributed by atoms with Crippen LogP contribution in [0.25, 0.3) is 0 Å². The summed E-state index contributed by atoms with van der Waals surface area (Å²) in [5, 5.41) is 0. The summed E-state index contributed by atoms with van der Waals surface area (Å²) >= 11 is 0. The fourth-order valence-corrected chi connectivity index (χ4v) is 5.00. The molecule has 0 spiro atoms. The van der Waals surface area contributed by atoms with Gasteiger partial charge in [-0.2, -0.15) is 4.31 Å². The molecule has 0 aliphatic carbocycles. The molecule has 0 aromatic heterocycles. The Hall–Kier alpha value is -0.910. The molecule has 2 heterocycles. The molecular formula is C14H20N2O2S. The van der Waals surface area contributed by atoms with Gasteiger partial charge in [-0.1, -0.05) is 17.7 Å². The van der Waals surface area contributed by atoms with Crippen LogP contribution in [-0.4, -0.2) is 49.8 Å². The minimum atomic E-state index is -3.33. The zero-order valence-electron chi connectivity index (χ0n) is 11.4. The highest BCUT2D eigenvalue weighted by Gasteiger charge is 2.46. The van der Waals surface area contributed by atoms with Gasteiger partial charge in [0.2, 0.25) is 10.0 Å². The average molecular weight is 280 g/mol. The van der Waals surface area contributed by atoms with Gasteiger partial charge in [-0.15, -0.1) is 0 Å². The molecule has 19 heavy (non-hydrogen) atoms. The number of hydrogen-bond donors (Lipinski definition) is 0. The highest BCUT2D eigenvalue weighted by atomic mass is 32.2. The van der Waals surface area contributed by atoms with Crippen molar-refractivity contribution in [2.45, 2.75) is 36.7 Å². The highest BCUT2D eigenvalue weighted by Crippen LogP contribution is 2.34. The fraction of sp³-hybridized carbons (Fsp3) is 0.571. The molecule has 2 atom stereocenters. The third-order valence-electron chi connectivity index (χ3n) is 4.43. The summed E-state index contributed by atoms with van der Waals surface area (Å²) in [6, 6.07) is 7.73. The minimum Gasteiger partial charge on any atom is -0.302 e. The van der Waals surface area contributed by atoms with Crippen LogP contribution in [0.1, 0.15) is 18.4 Å². The normalized spacial score (nSPS) is 28.7. The smallest absolute Gasteiger partial charge is 0.243 e. The van der Waals surface area contributed by atoms with Crippen LogP contribution in [-0.2, 0) is 10.0 Å². The Kier molecular flexibility index (Phi) is 3.15. The molecule has 0 amide bonds. The fourth-order valence-electron chi connectivity index (χ4n) is 3.31. The van der Waals surface area contributed by atoms with Gasteiger partial charge in [-0.25, -0.2) is 8.42 Å². The van der Waals surface area contributed by atoms with E-state index in [2.05, 4.69) is 11.9 Å². The number of hydrogen-bond acceptors (Lipinski definition) is 3. The van der Waals surface area contributed by atoms with Gasteiger partial charge in [-0.3, -0.25) is 0 Å². The molecular weight excluding hydrogens is 260 g/mol. The standard InChI is InChI=1S/C14H20N2O2S/c1-11-3-5-12(6-4-11)19(17,18)16-10-8-13-14(16)7-9-15(13)2/h3-6,13-14H,7-10H2,1-2H3/t13-,14+/m0/s1. The van der Waals surface area contributed by atoms with Gasteiger partial charge in [0.1, 0.15) is 0 Å².